The Morgan fingerprint density at radius 2 is 2.10 bits per heavy atom. The molecule has 1 saturated heterocycles. The lowest BCUT2D eigenvalue weighted by Gasteiger charge is -2.43. The zero-order valence-electron chi connectivity index (χ0n) is 17.2. The Bertz CT molecular complexity index is 1010. The van der Waals surface area contributed by atoms with Gasteiger partial charge < -0.3 is 15.1 Å². The molecule has 8 heteroatoms. The number of oxazole rings is 1. The molecule has 4 amide bonds. The second-order valence-electron chi connectivity index (χ2n) is 9.22. The number of hydrogen-bond acceptors (Lipinski definition) is 5. The third-order valence-electron chi connectivity index (χ3n) is 5.70. The third kappa shape index (κ3) is 3.59. The normalized spacial score (nSPS) is 26.2. The van der Waals surface area contributed by atoms with E-state index >= 15 is 0 Å². The Hall–Kier alpha value is -2.90. The van der Waals surface area contributed by atoms with Crippen molar-refractivity contribution in [3.05, 3.63) is 24.1 Å². The first kappa shape index (κ1) is 19.4. The highest BCUT2D eigenvalue weighted by atomic mass is 16.3. The van der Waals surface area contributed by atoms with Gasteiger partial charge in [0.15, 0.2) is 11.5 Å². The topological polar surface area (TPSA) is 105 Å². The number of amides is 4. The number of imide groups is 1. The fourth-order valence-corrected chi connectivity index (χ4v) is 5.11. The van der Waals surface area contributed by atoms with E-state index in [9.17, 15) is 14.4 Å². The first-order chi connectivity index (χ1) is 13.6. The van der Waals surface area contributed by atoms with Gasteiger partial charge in [0.2, 0.25) is 5.91 Å². The molecule has 1 aromatic heterocycles. The number of fused-ring (bicyclic) bond motifs is 1. The molecule has 1 spiro atoms. The highest BCUT2D eigenvalue weighted by Gasteiger charge is 2.56. The standard InChI is InChI=1S/C21H26N4O4/c1-12-8-20(3,4)11-21(9-12)18(27)25(19(28)24-21)10-17(26)23-14-5-6-16-15(7-14)22-13(2)29-16/h5-7,12H,8-11H2,1-4H3,(H,23,26)(H,24,28). The molecular weight excluding hydrogens is 372 g/mol. The average molecular weight is 398 g/mol. The van der Waals surface area contributed by atoms with E-state index in [0.717, 1.165) is 11.3 Å². The molecular formula is C21H26N4O4. The van der Waals surface area contributed by atoms with Gasteiger partial charge in [0.1, 0.15) is 17.6 Å². The van der Waals surface area contributed by atoms with Crippen LogP contribution in [0.25, 0.3) is 11.1 Å². The van der Waals surface area contributed by atoms with Crippen LogP contribution in [0.1, 0.15) is 45.9 Å². The zero-order valence-corrected chi connectivity index (χ0v) is 17.2. The van der Waals surface area contributed by atoms with Crippen LogP contribution in [0, 0.1) is 18.3 Å². The SMILES string of the molecule is Cc1nc2cc(NC(=O)CN3C(=O)NC4(CC(C)CC(C)(C)C4)C3=O)ccc2o1. The van der Waals surface area contributed by atoms with E-state index < -0.39 is 17.5 Å². The van der Waals surface area contributed by atoms with Gasteiger partial charge in [-0.2, -0.15) is 0 Å². The van der Waals surface area contributed by atoms with Crippen molar-refractivity contribution in [2.45, 2.75) is 52.5 Å². The molecule has 1 aliphatic carbocycles. The van der Waals surface area contributed by atoms with E-state index in [2.05, 4.69) is 36.4 Å². The van der Waals surface area contributed by atoms with E-state index in [0.29, 0.717) is 41.4 Å². The summed E-state index contributed by atoms with van der Waals surface area (Å²) in [6.07, 6.45) is 2.18. The van der Waals surface area contributed by atoms with Crippen molar-refractivity contribution in [3.8, 4) is 0 Å². The maximum atomic E-state index is 13.1. The molecule has 0 bridgehead atoms. The van der Waals surface area contributed by atoms with Gasteiger partial charge in [-0.1, -0.05) is 20.8 Å². The van der Waals surface area contributed by atoms with Crippen LogP contribution in [0.2, 0.25) is 0 Å². The molecule has 2 heterocycles. The van der Waals surface area contributed by atoms with Gasteiger partial charge in [-0.15, -0.1) is 0 Å². The molecule has 2 aromatic rings. The largest absolute Gasteiger partial charge is 0.441 e. The number of anilines is 1. The number of aromatic nitrogens is 1. The number of urea groups is 1. The monoisotopic (exact) mass is 398 g/mol. The van der Waals surface area contributed by atoms with Gasteiger partial charge >= 0.3 is 6.03 Å². The minimum atomic E-state index is -0.907. The lowest BCUT2D eigenvalue weighted by atomic mass is 9.64. The Morgan fingerprint density at radius 1 is 1.34 bits per heavy atom. The number of nitrogens with zero attached hydrogens (tertiary/aromatic N) is 2. The van der Waals surface area contributed by atoms with Crippen molar-refractivity contribution in [1.29, 1.82) is 0 Å². The number of nitrogens with one attached hydrogen (secondary N) is 2. The van der Waals surface area contributed by atoms with E-state index in [1.54, 1.807) is 25.1 Å². The van der Waals surface area contributed by atoms with E-state index in [1.165, 1.54) is 0 Å². The van der Waals surface area contributed by atoms with Crippen molar-refractivity contribution in [1.82, 2.24) is 15.2 Å². The van der Waals surface area contributed by atoms with Gasteiger partial charge in [-0.25, -0.2) is 9.78 Å². The van der Waals surface area contributed by atoms with Crippen LogP contribution in [0.5, 0.6) is 0 Å². The minimum absolute atomic E-state index is 0.0516. The molecule has 2 unspecified atom stereocenters. The first-order valence-corrected chi connectivity index (χ1v) is 9.88. The summed E-state index contributed by atoms with van der Waals surface area (Å²) in [6, 6.07) is 4.61. The molecule has 1 saturated carbocycles. The van der Waals surface area contributed by atoms with Crippen LogP contribution < -0.4 is 10.6 Å². The second-order valence-corrected chi connectivity index (χ2v) is 9.22. The number of rotatable bonds is 3. The molecule has 154 valence electrons. The summed E-state index contributed by atoms with van der Waals surface area (Å²) in [7, 11) is 0. The maximum absolute atomic E-state index is 13.1. The molecule has 2 aliphatic rings. The van der Waals surface area contributed by atoms with Gasteiger partial charge in [0.05, 0.1) is 0 Å². The van der Waals surface area contributed by atoms with Crippen LogP contribution in [-0.2, 0) is 9.59 Å². The average Bonchev–Trinajstić information content (AvgIpc) is 3.04. The number of aryl methyl sites for hydroxylation is 1. The Labute approximate surface area is 169 Å². The van der Waals surface area contributed by atoms with Crippen LogP contribution >= 0.6 is 0 Å². The van der Waals surface area contributed by atoms with E-state index in [1.807, 2.05) is 0 Å². The lowest BCUT2D eigenvalue weighted by Crippen LogP contribution is -2.54. The molecule has 29 heavy (non-hydrogen) atoms. The predicted molar refractivity (Wildman–Crippen MR) is 107 cm³/mol. The van der Waals surface area contributed by atoms with Crippen molar-refractivity contribution in [2.75, 3.05) is 11.9 Å². The van der Waals surface area contributed by atoms with Crippen molar-refractivity contribution >= 4 is 34.6 Å². The van der Waals surface area contributed by atoms with Gasteiger partial charge in [-0.05, 0) is 48.8 Å². The summed E-state index contributed by atoms with van der Waals surface area (Å²) in [6.45, 7) is 7.75. The summed E-state index contributed by atoms with van der Waals surface area (Å²) >= 11 is 0. The summed E-state index contributed by atoms with van der Waals surface area (Å²) < 4.78 is 5.42. The van der Waals surface area contributed by atoms with Crippen molar-refractivity contribution in [2.24, 2.45) is 11.3 Å². The Balaban J connectivity index is 1.47. The highest BCUT2D eigenvalue weighted by Crippen LogP contribution is 2.46. The van der Waals surface area contributed by atoms with Gasteiger partial charge in [0, 0.05) is 12.6 Å². The van der Waals surface area contributed by atoms with E-state index in [-0.39, 0.29) is 17.9 Å². The third-order valence-corrected chi connectivity index (χ3v) is 5.70. The number of carbonyl (C=O) groups is 3. The molecule has 2 fully saturated rings. The molecule has 2 atom stereocenters. The predicted octanol–water partition coefficient (Wildman–Crippen LogP) is 3.21. The fraction of sp³-hybridized carbons (Fsp3) is 0.524. The number of hydrogen-bond donors (Lipinski definition) is 2. The van der Waals surface area contributed by atoms with Crippen LogP contribution in [-0.4, -0.2) is 39.8 Å². The molecule has 8 nitrogen and oxygen atoms in total. The summed E-state index contributed by atoms with van der Waals surface area (Å²) in [5, 5.41) is 5.62. The Kier molecular flexibility index (Phi) is 4.40. The van der Waals surface area contributed by atoms with Crippen LogP contribution in [0.15, 0.2) is 22.6 Å². The van der Waals surface area contributed by atoms with Gasteiger partial charge in [-0.3, -0.25) is 14.5 Å². The van der Waals surface area contributed by atoms with Gasteiger partial charge in [0.25, 0.3) is 5.91 Å². The fourth-order valence-electron chi connectivity index (χ4n) is 5.11. The summed E-state index contributed by atoms with van der Waals surface area (Å²) in [5.74, 6) is 0.111. The Morgan fingerprint density at radius 3 is 2.83 bits per heavy atom. The minimum Gasteiger partial charge on any atom is -0.441 e. The summed E-state index contributed by atoms with van der Waals surface area (Å²) in [5.41, 5.74) is 0.836. The van der Waals surface area contributed by atoms with E-state index in [4.69, 9.17) is 4.42 Å². The zero-order chi connectivity index (χ0) is 21.0. The number of carbonyl (C=O) groups excluding carboxylic acids is 3. The molecule has 2 N–H and O–H groups in total. The molecule has 4 rings (SSSR count). The van der Waals surface area contributed by atoms with Crippen LogP contribution in [0.3, 0.4) is 0 Å². The van der Waals surface area contributed by atoms with Crippen LogP contribution in [0.4, 0.5) is 10.5 Å². The van der Waals surface area contributed by atoms with Crippen molar-refractivity contribution in [3.63, 3.8) is 0 Å². The molecule has 1 aliphatic heterocycles. The lowest BCUT2D eigenvalue weighted by molar-refractivity contribution is -0.136. The second kappa shape index (κ2) is 6.57. The maximum Gasteiger partial charge on any atom is 0.325 e. The summed E-state index contributed by atoms with van der Waals surface area (Å²) in [4.78, 5) is 43.5. The quantitative estimate of drug-likeness (QED) is 0.773. The first-order valence-electron chi connectivity index (χ1n) is 9.88. The van der Waals surface area contributed by atoms with Crippen molar-refractivity contribution < 1.29 is 18.8 Å². The number of benzene rings is 1. The highest BCUT2D eigenvalue weighted by molar-refractivity contribution is 6.10. The molecule has 1 aromatic carbocycles. The molecule has 0 radical (unpaired) electrons. The smallest absolute Gasteiger partial charge is 0.325 e.